The van der Waals surface area contributed by atoms with E-state index in [1.807, 2.05) is 14.0 Å². The zero-order chi connectivity index (χ0) is 18.8. The van der Waals surface area contributed by atoms with Crippen LogP contribution in [0.5, 0.6) is 0 Å². The molecule has 2 aliphatic rings. The molecule has 0 heterocycles. The molecule has 0 aromatic rings. The van der Waals surface area contributed by atoms with Crippen molar-refractivity contribution in [3.8, 4) is 0 Å². The van der Waals surface area contributed by atoms with Gasteiger partial charge in [0, 0.05) is 47.5 Å². The van der Waals surface area contributed by atoms with E-state index in [2.05, 4.69) is 27.6 Å². The van der Waals surface area contributed by atoms with E-state index in [1.54, 1.807) is 0 Å². The van der Waals surface area contributed by atoms with Gasteiger partial charge in [-0.15, -0.1) is 24.0 Å². The van der Waals surface area contributed by atoms with Crippen molar-refractivity contribution in [3.63, 3.8) is 0 Å². The Hall–Kier alpha value is 0.110. The van der Waals surface area contributed by atoms with E-state index in [1.165, 1.54) is 32.1 Å². The minimum absolute atomic E-state index is 0. The third-order valence-electron chi connectivity index (χ3n) is 6.02. The summed E-state index contributed by atoms with van der Waals surface area (Å²) < 4.78 is 12.1. The molecule has 0 aliphatic heterocycles. The number of rotatable bonds is 8. The normalized spacial score (nSPS) is 25.7. The summed E-state index contributed by atoms with van der Waals surface area (Å²) in [6.07, 6.45) is 12.5. The molecular formula is C20H41IN4OS. The van der Waals surface area contributed by atoms with Crippen LogP contribution >= 0.6 is 24.0 Å². The zero-order valence-electron chi connectivity index (χ0n) is 17.5. The summed E-state index contributed by atoms with van der Waals surface area (Å²) in [4.78, 5) is 6.93. The number of aliphatic imine (C=N–C) groups is 1. The minimum Gasteiger partial charge on any atom is -0.356 e. The van der Waals surface area contributed by atoms with E-state index in [0.717, 1.165) is 62.9 Å². The average Bonchev–Trinajstić information content (AvgIpc) is 2.70. The maximum atomic E-state index is 12.1. The second-order valence-electron chi connectivity index (χ2n) is 7.92. The van der Waals surface area contributed by atoms with Crippen molar-refractivity contribution in [1.82, 2.24) is 15.5 Å². The number of halogens is 1. The van der Waals surface area contributed by atoms with Crippen molar-refractivity contribution in [2.45, 2.75) is 88.5 Å². The quantitative estimate of drug-likeness (QED) is 0.226. The highest BCUT2D eigenvalue weighted by atomic mass is 127. The van der Waals surface area contributed by atoms with E-state index in [4.69, 9.17) is 0 Å². The summed E-state index contributed by atoms with van der Waals surface area (Å²) in [7, 11) is 3.45. The van der Waals surface area contributed by atoms with Gasteiger partial charge in [-0.25, -0.2) is 0 Å². The highest BCUT2D eigenvalue weighted by Gasteiger charge is 2.26. The molecule has 5 nitrogen and oxygen atoms in total. The van der Waals surface area contributed by atoms with Gasteiger partial charge in [0.15, 0.2) is 5.96 Å². The van der Waals surface area contributed by atoms with Crippen molar-refractivity contribution >= 4 is 40.7 Å². The first kappa shape index (κ1) is 25.1. The Morgan fingerprint density at radius 2 is 1.89 bits per heavy atom. The van der Waals surface area contributed by atoms with Crippen LogP contribution in [0.1, 0.15) is 71.1 Å². The molecule has 2 aliphatic carbocycles. The molecule has 0 aromatic heterocycles. The standard InChI is InChI=1S/C20H40N4OS.HI/c1-4-26(25)19-13-8-10-17(16-19)23-20(21-2)22-14-9-15-24(3)18-11-6-5-7-12-18;/h17-19H,4-16H2,1-3H3,(H2,21,22,23);1H. The predicted molar refractivity (Wildman–Crippen MR) is 129 cm³/mol. The lowest BCUT2D eigenvalue weighted by molar-refractivity contribution is 0.190. The Morgan fingerprint density at radius 1 is 1.15 bits per heavy atom. The van der Waals surface area contributed by atoms with Crippen LogP contribution in [0.3, 0.4) is 0 Å². The van der Waals surface area contributed by atoms with Gasteiger partial charge in [0.05, 0.1) is 0 Å². The van der Waals surface area contributed by atoms with Gasteiger partial charge in [-0.05, 0) is 52.1 Å². The molecule has 0 spiro atoms. The van der Waals surface area contributed by atoms with Gasteiger partial charge in [0.1, 0.15) is 0 Å². The molecule has 0 aromatic carbocycles. The summed E-state index contributed by atoms with van der Waals surface area (Å²) in [6, 6.07) is 1.19. The lowest BCUT2D eigenvalue weighted by Gasteiger charge is -2.31. The van der Waals surface area contributed by atoms with Crippen LogP contribution in [0, 0.1) is 0 Å². The molecule has 7 heteroatoms. The molecule has 2 rings (SSSR count). The first-order valence-electron chi connectivity index (χ1n) is 10.7. The Kier molecular flexibility index (Phi) is 13.2. The highest BCUT2D eigenvalue weighted by molar-refractivity contribution is 14.0. The van der Waals surface area contributed by atoms with Crippen LogP contribution in [0.25, 0.3) is 0 Å². The van der Waals surface area contributed by atoms with Crippen molar-refractivity contribution in [1.29, 1.82) is 0 Å². The summed E-state index contributed by atoms with van der Waals surface area (Å²) in [5, 5.41) is 7.38. The lowest BCUT2D eigenvalue weighted by atomic mass is 9.94. The number of nitrogens with zero attached hydrogens (tertiary/aromatic N) is 2. The second-order valence-corrected chi connectivity index (χ2v) is 9.93. The zero-order valence-corrected chi connectivity index (χ0v) is 20.7. The molecular weight excluding hydrogens is 471 g/mol. The number of guanidine groups is 1. The summed E-state index contributed by atoms with van der Waals surface area (Å²) >= 11 is 0. The largest absolute Gasteiger partial charge is 0.356 e. The predicted octanol–water partition coefficient (Wildman–Crippen LogP) is 3.50. The summed E-state index contributed by atoms with van der Waals surface area (Å²) in [5.74, 6) is 1.68. The van der Waals surface area contributed by atoms with E-state index in [0.29, 0.717) is 11.3 Å². The van der Waals surface area contributed by atoms with Crippen LogP contribution in [0.4, 0.5) is 0 Å². The molecule has 2 N–H and O–H groups in total. The van der Waals surface area contributed by atoms with Crippen LogP contribution < -0.4 is 10.6 Å². The monoisotopic (exact) mass is 512 g/mol. The van der Waals surface area contributed by atoms with Crippen molar-refractivity contribution in [3.05, 3.63) is 0 Å². The average molecular weight is 513 g/mol. The number of hydrogen-bond donors (Lipinski definition) is 2. The van der Waals surface area contributed by atoms with E-state index >= 15 is 0 Å². The SMILES string of the molecule is CCS(=O)C1CCCC(NC(=NC)NCCCN(C)C2CCCCC2)C1.I. The maximum absolute atomic E-state index is 12.1. The Balaban J connectivity index is 0.00000364. The van der Waals surface area contributed by atoms with Gasteiger partial charge in [-0.1, -0.05) is 32.6 Å². The summed E-state index contributed by atoms with van der Waals surface area (Å²) in [5.41, 5.74) is 0. The fraction of sp³-hybridized carbons (Fsp3) is 0.950. The van der Waals surface area contributed by atoms with Gasteiger partial charge in [-0.2, -0.15) is 0 Å². The van der Waals surface area contributed by atoms with Gasteiger partial charge in [0.2, 0.25) is 0 Å². The molecule has 27 heavy (non-hydrogen) atoms. The van der Waals surface area contributed by atoms with Gasteiger partial charge < -0.3 is 15.5 Å². The van der Waals surface area contributed by atoms with E-state index in [-0.39, 0.29) is 24.0 Å². The van der Waals surface area contributed by atoms with E-state index < -0.39 is 10.8 Å². The summed E-state index contributed by atoms with van der Waals surface area (Å²) in [6.45, 7) is 4.13. The third kappa shape index (κ3) is 8.98. The molecule has 0 bridgehead atoms. The minimum atomic E-state index is -0.671. The number of nitrogens with one attached hydrogen (secondary N) is 2. The Bertz CT molecular complexity index is 457. The van der Waals surface area contributed by atoms with Crippen LogP contribution in [0.15, 0.2) is 4.99 Å². The molecule has 3 atom stereocenters. The van der Waals surface area contributed by atoms with Gasteiger partial charge >= 0.3 is 0 Å². The fourth-order valence-corrected chi connectivity index (χ4v) is 5.73. The smallest absolute Gasteiger partial charge is 0.191 e. The molecule has 2 fully saturated rings. The molecule has 0 amide bonds. The number of hydrogen-bond acceptors (Lipinski definition) is 3. The van der Waals surface area contributed by atoms with Crippen molar-refractivity contribution in [2.24, 2.45) is 4.99 Å². The van der Waals surface area contributed by atoms with Crippen LogP contribution in [-0.2, 0) is 10.8 Å². The molecule has 3 unspecified atom stereocenters. The first-order valence-corrected chi connectivity index (χ1v) is 12.1. The topological polar surface area (TPSA) is 56.7 Å². The van der Waals surface area contributed by atoms with Crippen LogP contribution in [0.2, 0.25) is 0 Å². The molecule has 160 valence electrons. The van der Waals surface area contributed by atoms with Crippen molar-refractivity contribution in [2.75, 3.05) is 32.9 Å². The van der Waals surface area contributed by atoms with Gasteiger partial charge in [-0.3, -0.25) is 9.20 Å². The Morgan fingerprint density at radius 3 is 2.56 bits per heavy atom. The van der Waals surface area contributed by atoms with Gasteiger partial charge in [0.25, 0.3) is 0 Å². The van der Waals surface area contributed by atoms with Crippen LogP contribution in [-0.4, -0.2) is 65.3 Å². The molecule has 0 saturated heterocycles. The lowest BCUT2D eigenvalue weighted by Crippen LogP contribution is -2.47. The first-order chi connectivity index (χ1) is 12.6. The fourth-order valence-electron chi connectivity index (χ4n) is 4.38. The second kappa shape index (κ2) is 14.1. The van der Waals surface area contributed by atoms with Crippen molar-refractivity contribution < 1.29 is 4.21 Å². The highest BCUT2D eigenvalue weighted by Crippen LogP contribution is 2.23. The third-order valence-corrected chi connectivity index (χ3v) is 7.77. The molecule has 0 radical (unpaired) electrons. The Labute approximate surface area is 186 Å². The maximum Gasteiger partial charge on any atom is 0.191 e. The van der Waals surface area contributed by atoms with E-state index in [9.17, 15) is 4.21 Å². The molecule has 2 saturated carbocycles.